The van der Waals surface area contributed by atoms with Gasteiger partial charge in [0.2, 0.25) is 17.2 Å². The molecule has 2 heterocycles. The second-order valence-corrected chi connectivity index (χ2v) is 5.10. The number of ether oxygens (including phenoxy) is 1. The summed E-state index contributed by atoms with van der Waals surface area (Å²) in [4.78, 5) is 16.4. The number of hydrogen-bond acceptors (Lipinski definition) is 7. The van der Waals surface area contributed by atoms with E-state index in [0.717, 1.165) is 19.7 Å². The molecule has 19 heavy (non-hydrogen) atoms. The van der Waals surface area contributed by atoms with Crippen molar-refractivity contribution < 1.29 is 4.74 Å². The van der Waals surface area contributed by atoms with Gasteiger partial charge in [0.25, 0.3) is 0 Å². The Morgan fingerprint density at radius 2 is 2.21 bits per heavy atom. The average molecular weight is 287 g/mol. The Bertz CT molecular complexity index is 430. The zero-order chi connectivity index (χ0) is 13.8. The van der Waals surface area contributed by atoms with Crippen LogP contribution in [0.5, 0.6) is 0 Å². The molecule has 8 heteroatoms. The van der Waals surface area contributed by atoms with E-state index >= 15 is 0 Å². The smallest absolute Gasteiger partial charge is 0.230 e. The van der Waals surface area contributed by atoms with E-state index in [1.165, 1.54) is 0 Å². The summed E-state index contributed by atoms with van der Waals surface area (Å²) in [6.07, 6.45) is 0.136. The van der Waals surface area contributed by atoms with E-state index in [1.807, 2.05) is 14.1 Å². The van der Waals surface area contributed by atoms with Crippen LogP contribution in [0.1, 0.15) is 0 Å². The molecule has 0 aromatic carbocycles. The Morgan fingerprint density at radius 1 is 1.42 bits per heavy atom. The van der Waals surface area contributed by atoms with Gasteiger partial charge in [0.15, 0.2) is 0 Å². The molecule has 2 rings (SSSR count). The monoisotopic (exact) mass is 286 g/mol. The lowest BCUT2D eigenvalue weighted by molar-refractivity contribution is -0.0117. The summed E-state index contributed by atoms with van der Waals surface area (Å²) >= 11 is 5.87. The van der Waals surface area contributed by atoms with E-state index in [4.69, 9.17) is 16.3 Å². The Morgan fingerprint density at radius 3 is 2.89 bits per heavy atom. The van der Waals surface area contributed by atoms with Crippen molar-refractivity contribution in [1.29, 1.82) is 0 Å². The Hall–Kier alpha value is -1.18. The van der Waals surface area contributed by atoms with Crippen molar-refractivity contribution in [2.45, 2.75) is 6.10 Å². The lowest BCUT2D eigenvalue weighted by atomic mass is 10.3. The Kier molecular flexibility index (Phi) is 4.73. The predicted octanol–water partition coefficient (Wildman–Crippen LogP) is 0.333. The fourth-order valence-corrected chi connectivity index (χ4v) is 1.97. The molecule has 1 aromatic heterocycles. The van der Waals surface area contributed by atoms with Crippen LogP contribution in [-0.4, -0.2) is 73.3 Å². The van der Waals surface area contributed by atoms with E-state index in [9.17, 15) is 0 Å². The molecule has 1 N–H and O–H groups in total. The van der Waals surface area contributed by atoms with Crippen LogP contribution in [0.3, 0.4) is 0 Å². The third kappa shape index (κ3) is 4.15. The highest BCUT2D eigenvalue weighted by Crippen LogP contribution is 2.12. The van der Waals surface area contributed by atoms with Gasteiger partial charge in [-0.2, -0.15) is 15.0 Å². The first-order chi connectivity index (χ1) is 9.04. The number of nitrogens with one attached hydrogen (secondary N) is 1. The van der Waals surface area contributed by atoms with Gasteiger partial charge in [0.05, 0.1) is 12.7 Å². The van der Waals surface area contributed by atoms with Gasteiger partial charge in [-0.25, -0.2) is 0 Å². The Labute approximate surface area is 117 Å². The fraction of sp³-hybridized carbons (Fsp3) is 0.727. The molecule has 7 nitrogen and oxygen atoms in total. The number of nitrogens with zero attached hydrogens (tertiary/aromatic N) is 5. The van der Waals surface area contributed by atoms with Gasteiger partial charge < -0.3 is 19.9 Å². The van der Waals surface area contributed by atoms with Crippen LogP contribution in [0.2, 0.25) is 5.28 Å². The molecule has 1 aromatic rings. The van der Waals surface area contributed by atoms with E-state index < -0.39 is 0 Å². The summed E-state index contributed by atoms with van der Waals surface area (Å²) in [6.45, 7) is 3.27. The minimum Gasteiger partial charge on any atom is -0.374 e. The van der Waals surface area contributed by atoms with Crippen molar-refractivity contribution in [3.8, 4) is 0 Å². The first-order valence-corrected chi connectivity index (χ1v) is 6.55. The summed E-state index contributed by atoms with van der Waals surface area (Å²) in [6, 6.07) is 0. The molecular weight excluding hydrogens is 268 g/mol. The molecule has 1 unspecified atom stereocenters. The molecule has 1 fully saturated rings. The standard InChI is InChI=1S/C11H19ClN6O/c1-17(2)11-15-9(12)14-10(16-11)13-6-8-7-18(3)4-5-19-8/h8H,4-7H2,1-3H3,(H,13,14,15,16). The van der Waals surface area contributed by atoms with Crippen molar-refractivity contribution in [2.24, 2.45) is 0 Å². The highest BCUT2D eigenvalue weighted by atomic mass is 35.5. The van der Waals surface area contributed by atoms with Gasteiger partial charge in [0.1, 0.15) is 0 Å². The maximum atomic E-state index is 5.87. The highest BCUT2D eigenvalue weighted by molar-refractivity contribution is 6.28. The third-order valence-corrected chi connectivity index (χ3v) is 3.00. The number of likely N-dealkylation sites (N-methyl/N-ethyl adjacent to an activating group) is 1. The predicted molar refractivity (Wildman–Crippen MR) is 74.9 cm³/mol. The molecule has 0 bridgehead atoms. The maximum absolute atomic E-state index is 5.87. The quantitative estimate of drug-likeness (QED) is 0.856. The van der Waals surface area contributed by atoms with E-state index in [-0.39, 0.29) is 11.4 Å². The summed E-state index contributed by atoms with van der Waals surface area (Å²) < 4.78 is 5.66. The van der Waals surface area contributed by atoms with Crippen LogP contribution >= 0.6 is 11.6 Å². The third-order valence-electron chi connectivity index (χ3n) is 2.83. The molecule has 1 aliphatic rings. The van der Waals surface area contributed by atoms with Crippen LogP contribution in [0, 0.1) is 0 Å². The lowest BCUT2D eigenvalue weighted by Crippen LogP contribution is -2.43. The number of anilines is 2. The van der Waals surface area contributed by atoms with Crippen molar-refractivity contribution in [3.05, 3.63) is 5.28 Å². The second kappa shape index (κ2) is 6.31. The van der Waals surface area contributed by atoms with Gasteiger partial charge >= 0.3 is 0 Å². The van der Waals surface area contributed by atoms with Crippen molar-refractivity contribution in [3.63, 3.8) is 0 Å². The molecule has 0 radical (unpaired) electrons. The van der Waals surface area contributed by atoms with Gasteiger partial charge in [-0.1, -0.05) is 0 Å². The van der Waals surface area contributed by atoms with Crippen LogP contribution in [0.4, 0.5) is 11.9 Å². The van der Waals surface area contributed by atoms with E-state index in [1.54, 1.807) is 4.90 Å². The minimum absolute atomic E-state index is 0.136. The van der Waals surface area contributed by atoms with Gasteiger partial charge in [-0.15, -0.1) is 0 Å². The zero-order valence-corrected chi connectivity index (χ0v) is 12.2. The molecule has 1 atom stereocenters. The molecule has 0 spiro atoms. The maximum Gasteiger partial charge on any atom is 0.230 e. The molecule has 0 aliphatic carbocycles. The number of rotatable bonds is 4. The topological polar surface area (TPSA) is 66.4 Å². The van der Waals surface area contributed by atoms with Gasteiger partial charge in [-0.05, 0) is 18.6 Å². The largest absolute Gasteiger partial charge is 0.374 e. The van der Waals surface area contributed by atoms with E-state index in [2.05, 4.69) is 32.2 Å². The fourth-order valence-electron chi connectivity index (χ4n) is 1.81. The van der Waals surface area contributed by atoms with Crippen LogP contribution in [0.15, 0.2) is 0 Å². The molecule has 0 saturated carbocycles. The lowest BCUT2D eigenvalue weighted by Gasteiger charge is -2.30. The summed E-state index contributed by atoms with van der Waals surface area (Å²) in [7, 11) is 5.79. The first kappa shape index (κ1) is 14.2. The van der Waals surface area contributed by atoms with Crippen molar-refractivity contribution in [1.82, 2.24) is 19.9 Å². The first-order valence-electron chi connectivity index (χ1n) is 6.17. The minimum atomic E-state index is 0.136. The number of morpholine rings is 1. The number of hydrogen-bond donors (Lipinski definition) is 1. The Balaban J connectivity index is 1.95. The summed E-state index contributed by atoms with van der Waals surface area (Å²) in [5.74, 6) is 1.00. The van der Waals surface area contributed by atoms with E-state index in [0.29, 0.717) is 18.4 Å². The van der Waals surface area contributed by atoms with Crippen LogP contribution in [-0.2, 0) is 4.74 Å². The van der Waals surface area contributed by atoms with Crippen molar-refractivity contribution >= 4 is 23.5 Å². The van der Waals surface area contributed by atoms with Crippen molar-refractivity contribution in [2.75, 3.05) is 57.6 Å². The normalized spacial score (nSPS) is 20.3. The second-order valence-electron chi connectivity index (χ2n) is 4.76. The highest BCUT2D eigenvalue weighted by Gasteiger charge is 2.18. The molecule has 1 aliphatic heterocycles. The van der Waals surface area contributed by atoms with Crippen LogP contribution < -0.4 is 10.2 Å². The van der Waals surface area contributed by atoms with Crippen LogP contribution in [0.25, 0.3) is 0 Å². The average Bonchev–Trinajstić information content (AvgIpc) is 2.36. The molecular formula is C11H19ClN6O. The van der Waals surface area contributed by atoms with Gasteiger partial charge in [-0.3, -0.25) is 0 Å². The molecule has 0 amide bonds. The summed E-state index contributed by atoms with van der Waals surface area (Å²) in [5, 5.41) is 3.33. The van der Waals surface area contributed by atoms with Gasteiger partial charge in [0, 0.05) is 33.7 Å². The molecule has 106 valence electrons. The zero-order valence-electron chi connectivity index (χ0n) is 11.4. The molecule has 1 saturated heterocycles. The summed E-state index contributed by atoms with van der Waals surface area (Å²) in [5.41, 5.74) is 0. The SMILES string of the molecule is CN1CCOC(CNc2nc(Cl)nc(N(C)C)n2)C1. The number of aromatic nitrogens is 3. The number of halogens is 1.